The van der Waals surface area contributed by atoms with Gasteiger partial charge >= 0.3 is 0 Å². The van der Waals surface area contributed by atoms with Gasteiger partial charge in [-0.3, -0.25) is 0 Å². The van der Waals surface area contributed by atoms with Crippen LogP contribution < -0.4 is 9.80 Å². The van der Waals surface area contributed by atoms with Gasteiger partial charge in [-0.15, -0.1) is 0 Å². The molecule has 10 aromatic carbocycles. The Hall–Kier alpha value is -8.34. The summed E-state index contributed by atoms with van der Waals surface area (Å²) in [5, 5.41) is 6.92. The zero-order valence-electron chi connectivity index (χ0n) is 40.8. The first-order chi connectivity index (χ1) is 34.6. The third-order valence-corrected chi connectivity index (χ3v) is 16.0. The second-order valence-electron chi connectivity index (χ2n) is 21.0. The van der Waals surface area contributed by atoms with E-state index in [0.717, 1.165) is 78.0 Å². The molecule has 0 saturated carbocycles. The lowest BCUT2D eigenvalue weighted by Crippen LogP contribution is -2.18. The molecule has 4 heteroatoms. The fraction of sp³-hybridized carbons (Fsp3) is 0.134. The van der Waals surface area contributed by atoms with Crippen LogP contribution >= 0.6 is 0 Å². The molecule has 2 aliphatic rings. The smallest absolute Gasteiger partial charge is 0.159 e. The van der Waals surface area contributed by atoms with Crippen LogP contribution in [-0.2, 0) is 10.8 Å². The van der Waals surface area contributed by atoms with Crippen molar-refractivity contribution in [1.82, 2.24) is 0 Å². The predicted octanol–water partition coefficient (Wildman–Crippen LogP) is 19.3. The normalized spacial score (nSPS) is 14.1. The van der Waals surface area contributed by atoms with Crippen molar-refractivity contribution in [2.45, 2.75) is 58.3 Å². The second-order valence-corrected chi connectivity index (χ2v) is 21.0. The molecule has 0 aliphatic heterocycles. The highest BCUT2D eigenvalue weighted by molar-refractivity contribution is 6.15. The van der Waals surface area contributed by atoms with E-state index >= 15 is 0 Å². The van der Waals surface area contributed by atoms with Gasteiger partial charge in [0.25, 0.3) is 0 Å². The number of fused-ring (bicyclic) bond motifs is 14. The molecule has 0 atom stereocenters. The van der Waals surface area contributed by atoms with Gasteiger partial charge in [0.15, 0.2) is 11.2 Å². The van der Waals surface area contributed by atoms with Crippen molar-refractivity contribution in [3.8, 4) is 22.3 Å². The van der Waals surface area contributed by atoms with E-state index in [1.165, 1.54) is 60.8 Å². The Morgan fingerprint density at radius 3 is 1.49 bits per heavy atom. The van der Waals surface area contributed by atoms with E-state index in [2.05, 4.69) is 245 Å². The number of rotatable bonds is 7. The van der Waals surface area contributed by atoms with Crippen molar-refractivity contribution in [2.24, 2.45) is 0 Å². The molecule has 0 saturated heterocycles. The number of furan rings is 2. The molecule has 0 amide bonds. The minimum absolute atomic E-state index is 0.281. The maximum absolute atomic E-state index is 6.80. The fourth-order valence-corrected chi connectivity index (χ4v) is 12.3. The Morgan fingerprint density at radius 1 is 0.352 bits per heavy atom. The molecule has 14 rings (SSSR count). The average molecular weight is 917 g/mol. The average Bonchev–Trinajstić information content (AvgIpc) is 4.10. The van der Waals surface area contributed by atoms with Gasteiger partial charge in [0, 0.05) is 54.8 Å². The molecule has 0 bridgehead atoms. The van der Waals surface area contributed by atoms with Gasteiger partial charge in [-0.25, -0.2) is 0 Å². The lowest BCUT2D eigenvalue weighted by atomic mass is 9.79. The van der Waals surface area contributed by atoms with E-state index in [4.69, 9.17) is 8.83 Å². The van der Waals surface area contributed by atoms with Crippen LogP contribution in [-0.4, -0.2) is 0 Å². The molecule has 2 heterocycles. The molecule has 12 aromatic rings. The molecule has 342 valence electrons. The molecule has 0 radical (unpaired) electrons. The summed E-state index contributed by atoms with van der Waals surface area (Å²) in [5.74, 6) is 0.421. The fourth-order valence-electron chi connectivity index (χ4n) is 12.3. The van der Waals surface area contributed by atoms with Gasteiger partial charge in [0.1, 0.15) is 11.2 Å². The van der Waals surface area contributed by atoms with Crippen LogP contribution in [0, 0.1) is 0 Å². The van der Waals surface area contributed by atoms with Crippen LogP contribution in [0.25, 0.3) is 76.9 Å². The summed E-state index contributed by atoms with van der Waals surface area (Å²) < 4.78 is 13.5. The Morgan fingerprint density at radius 2 is 0.845 bits per heavy atom. The first kappa shape index (κ1) is 41.6. The number of para-hydroxylation sites is 5. The zero-order valence-corrected chi connectivity index (χ0v) is 40.8. The highest BCUT2D eigenvalue weighted by atomic mass is 16.3. The number of hydrogen-bond acceptors (Lipinski definition) is 4. The van der Waals surface area contributed by atoms with Gasteiger partial charge in [0.05, 0.1) is 17.1 Å². The predicted molar refractivity (Wildman–Crippen MR) is 297 cm³/mol. The summed E-state index contributed by atoms with van der Waals surface area (Å²) in [6.07, 6.45) is 0. The molecule has 71 heavy (non-hydrogen) atoms. The molecule has 0 N–H and O–H groups in total. The van der Waals surface area contributed by atoms with E-state index < -0.39 is 0 Å². The number of benzene rings is 10. The quantitative estimate of drug-likeness (QED) is 0.159. The topological polar surface area (TPSA) is 32.8 Å². The van der Waals surface area contributed by atoms with Crippen molar-refractivity contribution in [1.29, 1.82) is 0 Å². The molecule has 2 aromatic heterocycles. The van der Waals surface area contributed by atoms with Gasteiger partial charge in [-0.05, 0) is 140 Å². The molecular formula is C67H52N2O2. The maximum Gasteiger partial charge on any atom is 0.159 e. The van der Waals surface area contributed by atoms with Crippen LogP contribution in [0.3, 0.4) is 0 Å². The summed E-state index contributed by atoms with van der Waals surface area (Å²) in [7, 11) is 0. The Bertz CT molecular complexity index is 4150. The first-order valence-corrected chi connectivity index (χ1v) is 25.0. The molecule has 0 spiro atoms. The third-order valence-electron chi connectivity index (χ3n) is 16.0. The minimum Gasteiger partial charge on any atom is -0.454 e. The number of hydrogen-bond donors (Lipinski definition) is 0. The molecular weight excluding hydrogens is 865 g/mol. The number of anilines is 6. The third kappa shape index (κ3) is 5.97. The van der Waals surface area contributed by atoms with Crippen molar-refractivity contribution < 1.29 is 8.83 Å². The second kappa shape index (κ2) is 15.1. The van der Waals surface area contributed by atoms with E-state index in [1.54, 1.807) is 0 Å². The Balaban J connectivity index is 0.937. The van der Waals surface area contributed by atoms with Crippen LogP contribution in [0.4, 0.5) is 34.1 Å². The molecule has 2 aliphatic carbocycles. The van der Waals surface area contributed by atoms with Crippen LogP contribution in [0.2, 0.25) is 0 Å². The summed E-state index contributed by atoms with van der Waals surface area (Å²) in [6.45, 7) is 14.2. The Labute approximate surface area is 414 Å². The van der Waals surface area contributed by atoms with Crippen LogP contribution in [0.15, 0.2) is 209 Å². The Kier molecular flexibility index (Phi) is 8.84. The minimum atomic E-state index is -0.306. The van der Waals surface area contributed by atoms with Gasteiger partial charge in [-0.1, -0.05) is 163 Å². The van der Waals surface area contributed by atoms with Crippen molar-refractivity contribution >= 4 is 88.8 Å². The van der Waals surface area contributed by atoms with Gasteiger partial charge in [-0.2, -0.15) is 0 Å². The summed E-state index contributed by atoms with van der Waals surface area (Å²) in [5.41, 5.74) is 21.3. The molecule has 0 fully saturated rings. The van der Waals surface area contributed by atoms with Crippen molar-refractivity contribution in [3.05, 3.63) is 228 Å². The van der Waals surface area contributed by atoms with Gasteiger partial charge < -0.3 is 18.6 Å². The van der Waals surface area contributed by atoms with Crippen LogP contribution in [0.1, 0.15) is 75.3 Å². The highest BCUT2D eigenvalue weighted by Crippen LogP contribution is 2.60. The van der Waals surface area contributed by atoms with Crippen molar-refractivity contribution in [3.63, 3.8) is 0 Å². The maximum atomic E-state index is 6.80. The SMILES string of the molecule is CC(C)c1ccc(N(c2cc3c(c4ccccc24)-c2cc4c(cc2C3(C)C)-c2ccc(N(c3ccccc3)c3cccc5c3oc3ccccc35)cc2C4(C)C)c2cccc3c2oc2ccccc23)cc1. The molecule has 0 unspecified atom stereocenters. The van der Waals surface area contributed by atoms with E-state index in [9.17, 15) is 0 Å². The summed E-state index contributed by atoms with van der Waals surface area (Å²) in [4.78, 5) is 4.81. The van der Waals surface area contributed by atoms with Gasteiger partial charge in [0.2, 0.25) is 0 Å². The van der Waals surface area contributed by atoms with E-state index in [-0.39, 0.29) is 10.8 Å². The van der Waals surface area contributed by atoms with E-state index in [1.807, 2.05) is 6.07 Å². The summed E-state index contributed by atoms with van der Waals surface area (Å²) in [6, 6.07) is 73.4. The molecule has 4 nitrogen and oxygen atoms in total. The zero-order chi connectivity index (χ0) is 47.9. The highest BCUT2D eigenvalue weighted by Gasteiger charge is 2.43. The van der Waals surface area contributed by atoms with Crippen LogP contribution in [0.5, 0.6) is 0 Å². The largest absolute Gasteiger partial charge is 0.454 e. The summed E-state index contributed by atoms with van der Waals surface area (Å²) >= 11 is 0. The lowest BCUT2D eigenvalue weighted by molar-refractivity contribution is 0.652. The van der Waals surface area contributed by atoms with E-state index in [0.29, 0.717) is 5.92 Å². The standard InChI is InChI=1S/C67H52N2O2/c1-40(2)41-30-32-43(33-31-41)69(59-27-17-25-51-48-22-13-15-29-62(48)71-65(51)59)60-39-57-63(49-23-11-10-20-46(49)60)53-38-55-52(37-56(53)67(57,5)6)45-35-34-44(36-54(45)66(55,3)4)68(42-18-8-7-9-19-42)58-26-16-24-50-47-21-12-14-28-61(47)70-64(50)58/h7-40H,1-6H3. The first-order valence-electron chi connectivity index (χ1n) is 25.0. The number of nitrogens with zero attached hydrogens (tertiary/aromatic N) is 2. The monoisotopic (exact) mass is 916 g/mol. The lowest BCUT2D eigenvalue weighted by Gasteiger charge is -2.30. The van der Waals surface area contributed by atoms with Crippen molar-refractivity contribution in [2.75, 3.05) is 9.80 Å².